The second-order valence-electron chi connectivity index (χ2n) is 13.1. The molecule has 12 nitrogen and oxygen atoms in total. The van der Waals surface area contributed by atoms with E-state index >= 15 is 0 Å². The highest BCUT2D eigenvalue weighted by molar-refractivity contribution is 5.98. The molecule has 1 aliphatic rings. The lowest BCUT2D eigenvalue weighted by Gasteiger charge is -2.51. The number of aromatic nitrogens is 2. The number of nitrogens with zero attached hydrogens (tertiary/aromatic N) is 2. The number of hydrogen-bond donors (Lipinski definition) is 4. The first-order valence-electron chi connectivity index (χ1n) is 18.1. The molecule has 3 aromatic carbocycles. The minimum atomic E-state index is -0.964. The van der Waals surface area contributed by atoms with Crippen LogP contribution < -0.4 is 15.4 Å². The predicted molar refractivity (Wildman–Crippen MR) is 201 cm³/mol. The quantitative estimate of drug-likeness (QED) is 0.108. The van der Waals surface area contributed by atoms with Gasteiger partial charge in [0.1, 0.15) is 23.4 Å². The third-order valence-electron chi connectivity index (χ3n) is 9.03. The molecule has 0 aliphatic carbocycles. The molecule has 2 heterocycles. The number of carbonyl (C=O) groups is 4. The summed E-state index contributed by atoms with van der Waals surface area (Å²) in [5.74, 6) is -1.09. The van der Waals surface area contributed by atoms with Crippen molar-refractivity contribution in [2.75, 3.05) is 26.8 Å². The van der Waals surface area contributed by atoms with Gasteiger partial charge in [-0.1, -0.05) is 74.9 Å². The molecule has 3 amide bonds. The van der Waals surface area contributed by atoms with Gasteiger partial charge in [0.15, 0.2) is 0 Å². The lowest BCUT2D eigenvalue weighted by molar-refractivity contribution is -0.175. The van der Waals surface area contributed by atoms with Crippen LogP contribution in [0.3, 0.4) is 0 Å². The molecule has 0 spiro atoms. The number of rotatable bonds is 17. The normalized spacial score (nSPS) is 14.1. The predicted octanol–water partition coefficient (Wildman–Crippen LogP) is 5.22. The van der Waals surface area contributed by atoms with Crippen molar-refractivity contribution in [3.05, 3.63) is 119 Å². The molecule has 53 heavy (non-hydrogen) atoms. The molecule has 1 aromatic heterocycles. The zero-order valence-corrected chi connectivity index (χ0v) is 31.0. The number of carboxylic acids is 1. The van der Waals surface area contributed by atoms with Crippen LogP contribution in [0.4, 0.5) is 0 Å². The summed E-state index contributed by atoms with van der Waals surface area (Å²) < 4.78 is 11.8. The Morgan fingerprint density at radius 3 is 2.19 bits per heavy atom. The van der Waals surface area contributed by atoms with Gasteiger partial charge in [-0.05, 0) is 60.7 Å². The fourth-order valence-corrected chi connectivity index (χ4v) is 6.12. The summed E-state index contributed by atoms with van der Waals surface area (Å²) in [5.41, 5.74) is 3.52. The topological polar surface area (TPSA) is 163 Å². The molecular formula is C41H51N5O7. The molecule has 0 bridgehead atoms. The number of aliphatic carboxylic acids is 1. The zero-order chi connectivity index (χ0) is 38.2. The summed E-state index contributed by atoms with van der Waals surface area (Å²) in [7, 11) is 1.60. The number of likely N-dealkylation sites (tertiary alicyclic amines) is 1. The first-order valence-corrected chi connectivity index (χ1v) is 18.1. The van der Waals surface area contributed by atoms with Crippen molar-refractivity contribution in [2.45, 2.75) is 77.0 Å². The van der Waals surface area contributed by atoms with E-state index < -0.39 is 35.5 Å². The number of unbranched alkanes of at least 4 members (excludes halogenated alkanes) is 1. The van der Waals surface area contributed by atoms with Crippen LogP contribution in [-0.2, 0) is 37.6 Å². The largest absolute Gasteiger partial charge is 0.497 e. The number of carboxylic acid groups (broad SMARTS) is 1. The Labute approximate surface area is 311 Å². The van der Waals surface area contributed by atoms with Crippen LogP contribution in [0.2, 0.25) is 0 Å². The summed E-state index contributed by atoms with van der Waals surface area (Å²) >= 11 is 0. The number of aryl methyl sites for hydroxylation is 1. The van der Waals surface area contributed by atoms with E-state index in [4.69, 9.17) is 14.6 Å². The lowest BCUT2D eigenvalue weighted by atomic mass is 9.82. The summed E-state index contributed by atoms with van der Waals surface area (Å²) in [6.45, 7) is 7.36. The number of benzene rings is 3. The Hall–Kier alpha value is -5.49. The van der Waals surface area contributed by atoms with Crippen molar-refractivity contribution < 1.29 is 33.8 Å². The summed E-state index contributed by atoms with van der Waals surface area (Å²) in [6, 6.07) is 22.4. The first-order chi connectivity index (χ1) is 25.6. The number of amides is 3. The molecule has 4 N–H and O–H groups in total. The van der Waals surface area contributed by atoms with E-state index in [1.807, 2.05) is 49.4 Å². The van der Waals surface area contributed by atoms with Gasteiger partial charge in [-0.15, -0.1) is 0 Å². The van der Waals surface area contributed by atoms with Crippen molar-refractivity contribution in [1.82, 2.24) is 25.5 Å². The van der Waals surface area contributed by atoms with Gasteiger partial charge in [-0.25, -0.2) is 4.98 Å². The van der Waals surface area contributed by atoms with Crippen LogP contribution in [0.1, 0.15) is 72.3 Å². The number of nitrogens with one attached hydrogen (secondary N) is 3. The van der Waals surface area contributed by atoms with E-state index in [2.05, 4.69) is 46.6 Å². The maximum absolute atomic E-state index is 14.2. The Kier molecular flexibility index (Phi) is 15.2. The van der Waals surface area contributed by atoms with Crippen LogP contribution in [-0.4, -0.2) is 82.6 Å². The number of methoxy groups -OCH3 is 1. The van der Waals surface area contributed by atoms with Crippen molar-refractivity contribution in [1.29, 1.82) is 0 Å². The summed E-state index contributed by atoms with van der Waals surface area (Å²) in [4.78, 5) is 59.8. The Morgan fingerprint density at radius 1 is 0.906 bits per heavy atom. The highest BCUT2D eigenvalue weighted by Gasteiger charge is 2.49. The van der Waals surface area contributed by atoms with Gasteiger partial charge < -0.3 is 35.1 Å². The van der Waals surface area contributed by atoms with Crippen LogP contribution in [0, 0.1) is 6.92 Å². The van der Waals surface area contributed by atoms with Gasteiger partial charge in [0, 0.05) is 43.3 Å². The molecule has 0 unspecified atom stereocenters. The highest BCUT2D eigenvalue weighted by atomic mass is 16.5. The molecule has 282 valence electrons. The van der Waals surface area contributed by atoms with Crippen LogP contribution in [0.25, 0.3) is 0 Å². The van der Waals surface area contributed by atoms with Crippen LogP contribution in [0.5, 0.6) is 5.75 Å². The average molecular weight is 726 g/mol. The number of hydrogen-bond acceptors (Lipinski definition) is 7. The van der Waals surface area contributed by atoms with Gasteiger partial charge in [0.2, 0.25) is 11.8 Å². The minimum absolute atomic E-state index is 0.166. The monoisotopic (exact) mass is 725 g/mol. The summed E-state index contributed by atoms with van der Waals surface area (Å²) in [5, 5.41) is 13.8. The van der Waals surface area contributed by atoms with E-state index in [1.54, 1.807) is 42.5 Å². The second kappa shape index (κ2) is 19.9. The number of ether oxygens (including phenoxy) is 2. The maximum atomic E-state index is 14.2. The maximum Gasteiger partial charge on any atom is 0.303 e. The molecule has 0 radical (unpaired) electrons. The summed E-state index contributed by atoms with van der Waals surface area (Å²) in [6.07, 6.45) is 6.50. The molecule has 4 aromatic rings. The SMILES string of the molecule is CCCC(=O)O.CCCCOC1(c2ccccc2C)CN(C(=O)[C@H](Cc2ccc(OC)cc2)NC(=O)[C@H](Cc2cnc[nH]2)NC(=O)c2ccccc2)C1. The van der Waals surface area contributed by atoms with Crippen molar-refractivity contribution in [3.63, 3.8) is 0 Å². The molecule has 0 saturated carbocycles. The van der Waals surface area contributed by atoms with Gasteiger partial charge in [0.05, 0.1) is 26.5 Å². The van der Waals surface area contributed by atoms with E-state index in [0.717, 1.165) is 36.0 Å². The Balaban J connectivity index is 0.000000964. The molecule has 5 rings (SSSR count). The smallest absolute Gasteiger partial charge is 0.303 e. The van der Waals surface area contributed by atoms with Crippen LogP contribution in [0.15, 0.2) is 91.4 Å². The highest BCUT2D eigenvalue weighted by Crippen LogP contribution is 2.38. The molecule has 1 aliphatic heterocycles. The number of H-pyrrole nitrogens is 1. The van der Waals surface area contributed by atoms with Gasteiger partial charge >= 0.3 is 5.97 Å². The zero-order valence-electron chi connectivity index (χ0n) is 31.0. The number of carbonyl (C=O) groups excluding carboxylic acids is 3. The van der Waals surface area contributed by atoms with Gasteiger partial charge in [0.25, 0.3) is 5.91 Å². The lowest BCUT2D eigenvalue weighted by Crippen LogP contribution is -2.66. The van der Waals surface area contributed by atoms with Gasteiger partial charge in [-0.3, -0.25) is 19.2 Å². The van der Waals surface area contributed by atoms with E-state index in [0.29, 0.717) is 43.1 Å². The standard InChI is InChI=1S/C37H43N5O5.C4H8O2/c1-4-5-19-47-37(31-14-10-9-11-26(31)2)23-42(24-37)36(45)33(20-27-15-17-30(46-3)18-16-27)41-35(44)32(21-29-22-38-25-39-29)40-34(43)28-12-7-6-8-13-28;1-2-3-4(5)6/h6-18,22,25,32-33H,4-5,19-21,23-24H2,1-3H3,(H,38,39)(H,40,43)(H,41,44);2-3H2,1H3,(H,5,6)/t32-,33-;/m0./s1. The van der Waals surface area contributed by atoms with E-state index in [1.165, 1.54) is 6.33 Å². The Bertz CT molecular complexity index is 1760. The first kappa shape index (κ1) is 40.3. The number of imidazole rings is 1. The van der Waals surface area contributed by atoms with E-state index in [9.17, 15) is 19.2 Å². The van der Waals surface area contributed by atoms with E-state index in [-0.39, 0.29) is 18.7 Å². The molecule has 2 atom stereocenters. The molecular weight excluding hydrogens is 674 g/mol. The minimum Gasteiger partial charge on any atom is -0.497 e. The molecule has 1 saturated heterocycles. The fourth-order valence-electron chi connectivity index (χ4n) is 6.12. The molecule has 12 heteroatoms. The Morgan fingerprint density at radius 2 is 1.60 bits per heavy atom. The third-order valence-corrected chi connectivity index (χ3v) is 9.03. The average Bonchev–Trinajstić information content (AvgIpc) is 3.66. The van der Waals surface area contributed by atoms with Crippen molar-refractivity contribution >= 4 is 23.7 Å². The van der Waals surface area contributed by atoms with Gasteiger partial charge in [-0.2, -0.15) is 0 Å². The van der Waals surface area contributed by atoms with Crippen LogP contribution >= 0.6 is 0 Å². The number of aromatic amines is 1. The van der Waals surface area contributed by atoms with Crippen molar-refractivity contribution in [3.8, 4) is 5.75 Å². The van der Waals surface area contributed by atoms with Crippen molar-refractivity contribution in [2.24, 2.45) is 0 Å². The third kappa shape index (κ3) is 11.5. The molecule has 1 fully saturated rings. The second-order valence-corrected chi connectivity index (χ2v) is 13.1. The fraction of sp³-hybridized carbons (Fsp3) is 0.390.